The maximum atomic E-state index is 16.2. The van der Waals surface area contributed by atoms with Crippen LogP contribution in [0.2, 0.25) is 0 Å². The number of nitrogens with zero attached hydrogens (tertiary/aromatic N) is 6. The van der Waals surface area contributed by atoms with Gasteiger partial charge < -0.3 is 44.6 Å². The second-order valence-corrected chi connectivity index (χ2v) is 19.8. The van der Waals surface area contributed by atoms with Crippen LogP contribution in [-0.2, 0) is 14.3 Å². The van der Waals surface area contributed by atoms with Gasteiger partial charge in [-0.2, -0.15) is 0 Å². The maximum absolute atomic E-state index is 16.2. The van der Waals surface area contributed by atoms with E-state index in [1.165, 1.54) is 14.2 Å². The molecule has 3 aliphatic heterocycles. The number of hydrogen-bond donors (Lipinski definition) is 4. The predicted molar refractivity (Wildman–Crippen MR) is 255 cm³/mol. The van der Waals surface area contributed by atoms with Gasteiger partial charge in [-0.25, -0.2) is 23.9 Å². The van der Waals surface area contributed by atoms with Gasteiger partial charge in [0.2, 0.25) is 11.8 Å². The first-order chi connectivity index (χ1) is 32.7. The van der Waals surface area contributed by atoms with E-state index in [0.29, 0.717) is 31.2 Å². The van der Waals surface area contributed by atoms with E-state index in [0.717, 1.165) is 102 Å². The van der Waals surface area contributed by atoms with Gasteiger partial charge >= 0.3 is 12.2 Å². The van der Waals surface area contributed by atoms with Gasteiger partial charge in [0.25, 0.3) is 0 Å². The van der Waals surface area contributed by atoms with Crippen molar-refractivity contribution in [3.05, 3.63) is 83.2 Å². The van der Waals surface area contributed by atoms with Crippen LogP contribution < -0.4 is 15.0 Å². The number of aromatic amines is 2. The zero-order valence-electron chi connectivity index (χ0n) is 39.8. The highest BCUT2D eigenvalue weighted by molar-refractivity contribution is 5.87. The number of nitrogens with one attached hydrogen (secondary N) is 3. The van der Waals surface area contributed by atoms with Crippen molar-refractivity contribution in [2.24, 2.45) is 11.8 Å². The molecule has 0 bridgehead atoms. The van der Waals surface area contributed by atoms with Crippen LogP contribution in [0.1, 0.15) is 139 Å². The molecule has 6 atom stereocenters. The Kier molecular flexibility index (Phi) is 13.3. The number of likely N-dealkylation sites (N-methyl/N-ethyl adjacent to an activating group) is 1. The lowest BCUT2D eigenvalue weighted by atomic mass is 10.0. The second kappa shape index (κ2) is 19.3. The number of alkyl carbamates (subject to hydrolysis) is 1. The average Bonchev–Trinajstić information content (AvgIpc) is 4.18. The number of imidazole rings is 2. The molecule has 4 aliphatic rings. The molecule has 5 aromatic rings. The molecule has 1 saturated carbocycles. The molecule has 5 heterocycles. The highest BCUT2D eigenvalue weighted by Crippen LogP contribution is 2.49. The molecule has 0 unspecified atom stereocenters. The third-order valence-corrected chi connectivity index (χ3v) is 14.7. The van der Waals surface area contributed by atoms with E-state index in [1.807, 2.05) is 50.8 Å². The minimum absolute atomic E-state index is 0.0134. The van der Waals surface area contributed by atoms with Crippen LogP contribution in [0.15, 0.2) is 54.6 Å². The SMILES string of the molecule is COC(=O)N[C@H](C(=O)N1CCC[C@H]1c1nc2ccc([C@H]3CC[C@H](c4ccc5nc([C@@H]6CCCN6C(=O)[C@H](C(C)C)N(C)C(=O)O)[nH]c5c4)N3c3ccc(OC4CCCC4)c(F)c3)cc2[nH]1)C(C)C. The highest BCUT2D eigenvalue weighted by atomic mass is 19.1. The number of halogens is 1. The van der Waals surface area contributed by atoms with Gasteiger partial charge in [0.1, 0.15) is 23.7 Å². The third-order valence-electron chi connectivity index (χ3n) is 14.7. The van der Waals surface area contributed by atoms with Gasteiger partial charge in [-0.1, -0.05) is 39.8 Å². The maximum Gasteiger partial charge on any atom is 0.407 e. The molecule has 0 radical (unpaired) electrons. The molecule has 68 heavy (non-hydrogen) atoms. The summed E-state index contributed by atoms with van der Waals surface area (Å²) in [7, 11) is 2.73. The molecule has 4 amide bonds. The van der Waals surface area contributed by atoms with Crippen LogP contribution in [0.4, 0.5) is 19.7 Å². The van der Waals surface area contributed by atoms with Gasteiger partial charge in [0, 0.05) is 31.9 Å². The topological polar surface area (TPSA) is 189 Å². The number of carbonyl (C=O) groups excluding carboxylic acids is 3. The van der Waals surface area contributed by atoms with E-state index in [9.17, 15) is 24.3 Å². The number of fused-ring (bicyclic) bond motifs is 2. The number of rotatable bonds is 13. The third kappa shape index (κ3) is 9.03. The molecular formula is C51H64FN9O7. The molecule has 4 fully saturated rings. The van der Waals surface area contributed by atoms with Crippen molar-refractivity contribution in [1.29, 1.82) is 0 Å². The van der Waals surface area contributed by atoms with Crippen molar-refractivity contribution in [3.63, 3.8) is 0 Å². The lowest BCUT2D eigenvalue weighted by Gasteiger charge is -2.33. The Labute approximate surface area is 395 Å². The fourth-order valence-electron chi connectivity index (χ4n) is 11.3. The molecule has 2 aromatic heterocycles. The lowest BCUT2D eigenvalue weighted by Crippen LogP contribution is -2.51. The van der Waals surface area contributed by atoms with E-state index < -0.39 is 30.1 Å². The Hall–Kier alpha value is -6.39. The summed E-state index contributed by atoms with van der Waals surface area (Å²) < 4.78 is 27.1. The number of anilines is 1. The summed E-state index contributed by atoms with van der Waals surface area (Å²) >= 11 is 0. The Morgan fingerprint density at radius 1 is 0.735 bits per heavy atom. The number of carbonyl (C=O) groups is 4. The van der Waals surface area contributed by atoms with Gasteiger partial charge in [0.05, 0.1) is 59.4 Å². The molecule has 3 saturated heterocycles. The number of aromatic nitrogens is 4. The fraction of sp³-hybridized carbons (Fsp3) is 0.529. The first kappa shape index (κ1) is 46.7. The Bertz CT molecular complexity index is 2680. The van der Waals surface area contributed by atoms with E-state index in [1.54, 1.807) is 17.0 Å². The summed E-state index contributed by atoms with van der Waals surface area (Å²) in [6, 6.07) is 15.3. The Morgan fingerprint density at radius 3 is 1.79 bits per heavy atom. The Balaban J connectivity index is 1.02. The van der Waals surface area contributed by atoms with Gasteiger partial charge in [0.15, 0.2) is 11.6 Å². The number of carboxylic acid groups (broad SMARTS) is 1. The second-order valence-electron chi connectivity index (χ2n) is 19.8. The lowest BCUT2D eigenvalue weighted by molar-refractivity contribution is -0.138. The van der Waals surface area contributed by atoms with Crippen LogP contribution in [0.5, 0.6) is 5.75 Å². The van der Waals surface area contributed by atoms with Crippen molar-refractivity contribution in [1.82, 2.24) is 40.0 Å². The number of likely N-dealkylation sites (tertiary alicyclic amines) is 2. The van der Waals surface area contributed by atoms with E-state index in [4.69, 9.17) is 19.4 Å². The number of benzene rings is 3. The summed E-state index contributed by atoms with van der Waals surface area (Å²) in [5, 5.41) is 12.5. The van der Waals surface area contributed by atoms with Gasteiger partial charge in [-0.15, -0.1) is 0 Å². The highest BCUT2D eigenvalue weighted by Gasteiger charge is 2.42. The number of H-pyrrole nitrogens is 2. The Morgan fingerprint density at radius 2 is 1.29 bits per heavy atom. The summed E-state index contributed by atoms with van der Waals surface area (Å²) in [5.41, 5.74) is 5.98. The normalized spacial score (nSPS) is 21.9. The largest absolute Gasteiger partial charge is 0.487 e. The average molecular weight is 934 g/mol. The molecule has 9 rings (SSSR count). The summed E-state index contributed by atoms with van der Waals surface area (Å²) in [6.45, 7) is 8.57. The van der Waals surface area contributed by atoms with Crippen LogP contribution in [-0.4, -0.2) is 109 Å². The first-order valence-corrected chi connectivity index (χ1v) is 24.4. The minimum atomic E-state index is -1.15. The summed E-state index contributed by atoms with van der Waals surface area (Å²) in [5.74, 6) is 0.456. The molecule has 16 nitrogen and oxygen atoms in total. The van der Waals surface area contributed by atoms with Crippen LogP contribution in [0, 0.1) is 17.7 Å². The molecule has 362 valence electrons. The van der Waals surface area contributed by atoms with Crippen LogP contribution in [0.25, 0.3) is 22.1 Å². The predicted octanol–water partition coefficient (Wildman–Crippen LogP) is 9.32. The molecule has 3 aromatic carbocycles. The molecule has 4 N–H and O–H groups in total. The zero-order valence-corrected chi connectivity index (χ0v) is 39.8. The van der Waals surface area contributed by atoms with E-state index >= 15 is 4.39 Å². The number of ether oxygens (including phenoxy) is 2. The van der Waals surface area contributed by atoms with Crippen molar-refractivity contribution in [2.45, 2.75) is 134 Å². The first-order valence-electron chi connectivity index (χ1n) is 24.4. The molecule has 0 spiro atoms. The van der Waals surface area contributed by atoms with E-state index in [-0.39, 0.29) is 59.7 Å². The van der Waals surface area contributed by atoms with Gasteiger partial charge in [-0.05, 0) is 124 Å². The van der Waals surface area contributed by atoms with Gasteiger partial charge in [-0.3, -0.25) is 14.5 Å². The van der Waals surface area contributed by atoms with Crippen LogP contribution in [0.3, 0.4) is 0 Å². The minimum Gasteiger partial charge on any atom is -0.487 e. The van der Waals surface area contributed by atoms with E-state index in [2.05, 4.69) is 44.5 Å². The molecular weight excluding hydrogens is 870 g/mol. The van der Waals surface area contributed by atoms with Crippen molar-refractivity contribution < 1.29 is 38.1 Å². The quantitative estimate of drug-likeness (QED) is 0.0886. The smallest absolute Gasteiger partial charge is 0.407 e. The molecule has 17 heteroatoms. The number of amides is 4. The number of hydrogen-bond acceptors (Lipinski definition) is 9. The molecule has 1 aliphatic carbocycles. The summed E-state index contributed by atoms with van der Waals surface area (Å²) in [6.07, 6.45) is 6.79. The monoisotopic (exact) mass is 933 g/mol. The summed E-state index contributed by atoms with van der Waals surface area (Å²) in [4.78, 5) is 76.1. The fourth-order valence-corrected chi connectivity index (χ4v) is 11.3. The van der Waals surface area contributed by atoms with Crippen LogP contribution >= 0.6 is 0 Å². The zero-order chi connectivity index (χ0) is 48.0. The van der Waals surface area contributed by atoms with Crippen molar-refractivity contribution in [3.8, 4) is 5.75 Å². The van der Waals surface area contributed by atoms with Crippen molar-refractivity contribution in [2.75, 3.05) is 32.1 Å². The van der Waals surface area contributed by atoms with Crippen molar-refractivity contribution >= 4 is 51.8 Å². The standard InChI is InChI=1S/C51H64FN9O7/c1-28(2)44(57-50(64)67-6)48(62)59-23-9-13-41(59)46-53-35-18-15-30(25-37(35)55-46)39-20-21-40(61(39)32-17-22-43(34(52)27-32)68-33-11-7-8-12-33)31-16-19-36-38(26-31)56-47(54-36)42-14-10-24-60(42)49(63)45(29(3)4)58(5)51(65)66/h15-19,22,25-29,33,39-42,44-45H,7-14,20-21,23-24H2,1-6H3,(H,53,55)(H,54,56)(H,57,64)(H,65,66)/t39-,40-,41+,42+,44+,45+/m1/s1. The number of methoxy groups -OCH3 is 1.